The molecule has 0 unspecified atom stereocenters. The molecule has 0 atom stereocenters. The highest BCUT2D eigenvalue weighted by Crippen LogP contribution is 2.20. The molecule has 0 aliphatic heterocycles. The van der Waals surface area contributed by atoms with Gasteiger partial charge in [-0.3, -0.25) is 4.90 Å². The van der Waals surface area contributed by atoms with Gasteiger partial charge in [-0.25, -0.2) is 4.79 Å². The predicted molar refractivity (Wildman–Crippen MR) is 74.7 cm³/mol. The molecule has 0 heterocycles. The Morgan fingerprint density at radius 3 is 2.56 bits per heavy atom. The summed E-state index contributed by atoms with van der Waals surface area (Å²) >= 11 is 0. The second kappa shape index (κ2) is 5.76. The minimum Gasteiger partial charge on any atom is -0.443 e. The summed E-state index contributed by atoms with van der Waals surface area (Å²) in [5.41, 5.74) is 6.65. The molecule has 1 rings (SSSR count). The topological polar surface area (TPSA) is 55.6 Å². The van der Waals surface area contributed by atoms with Crippen LogP contribution in [0.5, 0.6) is 0 Å². The number of hydrogen-bond donors (Lipinski definition) is 1. The van der Waals surface area contributed by atoms with Gasteiger partial charge in [0.25, 0.3) is 0 Å². The van der Waals surface area contributed by atoms with Crippen molar-refractivity contribution in [3.63, 3.8) is 0 Å². The van der Waals surface area contributed by atoms with E-state index in [-0.39, 0.29) is 6.09 Å². The van der Waals surface area contributed by atoms with Gasteiger partial charge in [-0.15, -0.1) is 0 Å². The average Bonchev–Trinajstić information content (AvgIpc) is 2.23. The smallest absolute Gasteiger partial charge is 0.414 e. The molecule has 0 fully saturated rings. The fourth-order valence-corrected chi connectivity index (χ4v) is 1.56. The number of nitrogens with two attached hydrogens (primary N) is 1. The molecule has 0 spiro atoms. The maximum absolute atomic E-state index is 12.1. The average molecular weight is 250 g/mol. The second-order valence-corrected chi connectivity index (χ2v) is 5.23. The minimum atomic E-state index is -0.497. The quantitative estimate of drug-likeness (QED) is 0.836. The molecular formula is C14H22N2O2. The zero-order valence-electron chi connectivity index (χ0n) is 11.6. The van der Waals surface area contributed by atoms with E-state index in [1.165, 1.54) is 0 Å². The van der Waals surface area contributed by atoms with Crippen molar-refractivity contribution in [1.29, 1.82) is 0 Å². The van der Waals surface area contributed by atoms with Crippen molar-refractivity contribution in [2.45, 2.75) is 39.7 Å². The molecule has 0 aromatic heterocycles. The maximum Gasteiger partial charge on any atom is 0.414 e. The Hall–Kier alpha value is -1.71. The van der Waals surface area contributed by atoms with Crippen molar-refractivity contribution in [2.75, 3.05) is 17.2 Å². The van der Waals surface area contributed by atoms with Crippen LogP contribution in [0, 0.1) is 0 Å². The summed E-state index contributed by atoms with van der Waals surface area (Å²) in [6, 6.07) is 7.26. The van der Waals surface area contributed by atoms with E-state index in [4.69, 9.17) is 10.5 Å². The van der Waals surface area contributed by atoms with Crippen molar-refractivity contribution in [2.24, 2.45) is 0 Å². The summed E-state index contributed by atoms with van der Waals surface area (Å²) in [6.07, 6.45) is 0.517. The van der Waals surface area contributed by atoms with Crippen molar-refractivity contribution in [1.82, 2.24) is 0 Å². The van der Waals surface area contributed by atoms with Crippen LogP contribution >= 0.6 is 0 Å². The third-order valence-electron chi connectivity index (χ3n) is 2.24. The standard InChI is InChI=1S/C14H22N2O2/c1-5-9-16(13(17)18-14(2,3)4)12-8-6-7-11(15)10-12/h6-8,10H,5,9,15H2,1-4H3. The fourth-order valence-electron chi connectivity index (χ4n) is 1.56. The first-order chi connectivity index (χ1) is 8.33. The molecule has 4 nitrogen and oxygen atoms in total. The van der Waals surface area contributed by atoms with Gasteiger partial charge in [0.2, 0.25) is 0 Å². The molecule has 1 amide bonds. The van der Waals surface area contributed by atoms with Crippen LogP contribution in [-0.2, 0) is 4.74 Å². The van der Waals surface area contributed by atoms with Gasteiger partial charge in [-0.2, -0.15) is 0 Å². The fraction of sp³-hybridized carbons (Fsp3) is 0.500. The predicted octanol–water partition coefficient (Wildman–Crippen LogP) is 3.42. The van der Waals surface area contributed by atoms with E-state index in [0.29, 0.717) is 12.2 Å². The summed E-state index contributed by atoms with van der Waals surface area (Å²) in [7, 11) is 0. The van der Waals surface area contributed by atoms with Gasteiger partial charge < -0.3 is 10.5 Å². The summed E-state index contributed by atoms with van der Waals surface area (Å²) in [5.74, 6) is 0. The number of benzene rings is 1. The number of hydrogen-bond acceptors (Lipinski definition) is 3. The van der Waals surface area contributed by atoms with Gasteiger partial charge in [0, 0.05) is 17.9 Å². The Morgan fingerprint density at radius 1 is 1.39 bits per heavy atom. The first-order valence-corrected chi connectivity index (χ1v) is 6.19. The minimum absolute atomic E-state index is 0.338. The summed E-state index contributed by atoms with van der Waals surface area (Å²) in [6.45, 7) is 8.19. The molecule has 100 valence electrons. The number of rotatable bonds is 3. The maximum atomic E-state index is 12.1. The van der Waals surface area contributed by atoms with E-state index in [2.05, 4.69) is 0 Å². The molecule has 0 aliphatic rings. The van der Waals surface area contributed by atoms with Gasteiger partial charge in [0.15, 0.2) is 0 Å². The third kappa shape index (κ3) is 4.28. The van der Waals surface area contributed by atoms with E-state index in [9.17, 15) is 4.79 Å². The molecule has 4 heteroatoms. The van der Waals surface area contributed by atoms with Crippen LogP contribution in [-0.4, -0.2) is 18.2 Å². The molecule has 0 saturated heterocycles. The highest BCUT2D eigenvalue weighted by molar-refractivity contribution is 5.88. The summed E-state index contributed by atoms with van der Waals surface area (Å²) in [4.78, 5) is 13.7. The SMILES string of the molecule is CCCN(C(=O)OC(C)(C)C)c1cccc(N)c1. The van der Waals surface area contributed by atoms with Gasteiger partial charge in [0.1, 0.15) is 5.60 Å². The van der Waals surface area contributed by atoms with Crippen LogP contribution in [0.3, 0.4) is 0 Å². The number of nitrogens with zero attached hydrogens (tertiary/aromatic N) is 1. The number of carbonyl (C=O) groups excluding carboxylic acids is 1. The van der Waals surface area contributed by atoms with Gasteiger partial charge in [-0.05, 0) is 45.4 Å². The summed E-state index contributed by atoms with van der Waals surface area (Å²) < 4.78 is 5.39. The highest BCUT2D eigenvalue weighted by atomic mass is 16.6. The lowest BCUT2D eigenvalue weighted by Gasteiger charge is -2.27. The number of ether oxygens (including phenoxy) is 1. The van der Waals surface area contributed by atoms with Gasteiger partial charge >= 0.3 is 6.09 Å². The van der Waals surface area contributed by atoms with E-state index in [1.807, 2.05) is 39.8 Å². The lowest BCUT2D eigenvalue weighted by molar-refractivity contribution is 0.0580. The summed E-state index contributed by atoms with van der Waals surface area (Å²) in [5, 5.41) is 0. The molecule has 0 bridgehead atoms. The number of amides is 1. The van der Waals surface area contributed by atoms with Crippen LogP contribution < -0.4 is 10.6 Å². The first-order valence-electron chi connectivity index (χ1n) is 6.19. The zero-order chi connectivity index (χ0) is 13.8. The lowest BCUT2D eigenvalue weighted by Crippen LogP contribution is -2.37. The Bertz CT molecular complexity index is 411. The first kappa shape index (κ1) is 14.4. The van der Waals surface area contributed by atoms with E-state index >= 15 is 0 Å². The van der Waals surface area contributed by atoms with Crippen molar-refractivity contribution >= 4 is 17.5 Å². The Kier molecular flexibility index (Phi) is 4.59. The molecule has 1 aromatic rings. The Balaban J connectivity index is 2.92. The van der Waals surface area contributed by atoms with Crippen LogP contribution in [0.2, 0.25) is 0 Å². The molecule has 18 heavy (non-hydrogen) atoms. The highest BCUT2D eigenvalue weighted by Gasteiger charge is 2.22. The van der Waals surface area contributed by atoms with E-state index in [1.54, 1.807) is 17.0 Å². The molecular weight excluding hydrogens is 228 g/mol. The van der Waals surface area contributed by atoms with Crippen LogP contribution in [0.1, 0.15) is 34.1 Å². The molecule has 0 aliphatic carbocycles. The largest absolute Gasteiger partial charge is 0.443 e. The Morgan fingerprint density at radius 2 is 2.06 bits per heavy atom. The van der Waals surface area contributed by atoms with E-state index < -0.39 is 5.60 Å². The van der Waals surface area contributed by atoms with Crippen molar-refractivity contribution in [3.05, 3.63) is 24.3 Å². The molecule has 0 saturated carbocycles. The van der Waals surface area contributed by atoms with Crippen molar-refractivity contribution < 1.29 is 9.53 Å². The molecule has 0 radical (unpaired) electrons. The zero-order valence-corrected chi connectivity index (χ0v) is 11.6. The Labute approximate surface area is 109 Å². The monoisotopic (exact) mass is 250 g/mol. The number of carbonyl (C=O) groups is 1. The lowest BCUT2D eigenvalue weighted by atomic mass is 10.2. The van der Waals surface area contributed by atoms with Gasteiger partial charge in [0.05, 0.1) is 0 Å². The van der Waals surface area contributed by atoms with Gasteiger partial charge in [-0.1, -0.05) is 13.0 Å². The molecule has 2 N–H and O–H groups in total. The van der Waals surface area contributed by atoms with Crippen molar-refractivity contribution in [3.8, 4) is 0 Å². The normalized spacial score (nSPS) is 11.1. The number of anilines is 2. The third-order valence-corrected chi connectivity index (χ3v) is 2.24. The second-order valence-electron chi connectivity index (χ2n) is 5.23. The van der Waals surface area contributed by atoms with Crippen LogP contribution in [0.25, 0.3) is 0 Å². The molecule has 1 aromatic carbocycles. The van der Waals surface area contributed by atoms with Crippen LogP contribution in [0.4, 0.5) is 16.2 Å². The van der Waals surface area contributed by atoms with E-state index in [0.717, 1.165) is 12.1 Å². The number of nitrogen functional groups attached to an aromatic ring is 1. The van der Waals surface area contributed by atoms with Crippen LogP contribution in [0.15, 0.2) is 24.3 Å².